The SMILES string of the molecule is NCCC(O)(P(=O)([O-])O)P(=O)([O-])O.O.[Na+].[Na+]. The summed E-state index contributed by atoms with van der Waals surface area (Å²) in [4.78, 5) is 37.6. The first-order valence-electron chi connectivity index (χ1n) is 3.06. The van der Waals surface area contributed by atoms with Gasteiger partial charge in [-0.3, -0.25) is 0 Å². The van der Waals surface area contributed by atoms with Gasteiger partial charge in [-0.25, -0.2) is 0 Å². The van der Waals surface area contributed by atoms with Gasteiger partial charge >= 0.3 is 59.1 Å². The average Bonchev–Trinajstić information content (AvgIpc) is 1.82. The molecule has 7 N–H and O–H groups in total. The first-order valence-corrected chi connectivity index (χ1v) is 6.22. The standard InChI is InChI=1S/C3H11NO7P2.2Na.H2O/c4-2-1-3(5,12(6,7)8)13(9,10)11;;;/h5H,1-2,4H2,(H2,6,7,8)(H2,9,10,11);;;1H2/q;2*+1;/p-2. The van der Waals surface area contributed by atoms with Gasteiger partial charge in [0, 0.05) is 6.42 Å². The molecular weight excluding hydrogens is 286 g/mol. The maximum absolute atomic E-state index is 10.4. The van der Waals surface area contributed by atoms with Crippen molar-refractivity contribution in [2.45, 2.75) is 11.5 Å². The Bertz CT molecular complexity index is 252. The smallest absolute Gasteiger partial charge is 0.776 e. The Kier molecular flexibility index (Phi) is 15.2. The predicted molar refractivity (Wildman–Crippen MR) is 41.9 cm³/mol. The van der Waals surface area contributed by atoms with Crippen LogP contribution in [0.4, 0.5) is 0 Å². The Morgan fingerprint density at radius 3 is 1.44 bits per heavy atom. The summed E-state index contributed by atoms with van der Waals surface area (Å²) in [5.41, 5.74) is 4.81. The van der Waals surface area contributed by atoms with Crippen LogP contribution in [-0.4, -0.2) is 32.0 Å². The van der Waals surface area contributed by atoms with E-state index in [1.807, 2.05) is 0 Å². The third-order valence-corrected chi connectivity index (χ3v) is 5.16. The van der Waals surface area contributed by atoms with Crippen LogP contribution in [0.1, 0.15) is 6.42 Å². The van der Waals surface area contributed by atoms with Crippen LogP contribution in [0.15, 0.2) is 0 Å². The molecule has 13 heteroatoms. The number of hydrogen-bond acceptors (Lipinski definition) is 6. The molecule has 0 aliphatic carbocycles. The fourth-order valence-electron chi connectivity index (χ4n) is 0.636. The van der Waals surface area contributed by atoms with Gasteiger partial charge in [0.2, 0.25) is 0 Å². The van der Waals surface area contributed by atoms with Gasteiger partial charge in [-0.15, -0.1) is 0 Å². The zero-order chi connectivity index (χ0) is 10.9. The van der Waals surface area contributed by atoms with E-state index in [4.69, 9.17) is 20.6 Å². The predicted octanol–water partition coefficient (Wildman–Crippen LogP) is -9.74. The molecule has 0 saturated carbocycles. The summed E-state index contributed by atoms with van der Waals surface area (Å²) >= 11 is 0. The molecule has 0 aromatic carbocycles. The zero-order valence-corrected chi connectivity index (χ0v) is 14.6. The molecule has 2 atom stereocenters. The molecule has 0 bridgehead atoms. The average molecular weight is 297 g/mol. The molecule has 0 saturated heterocycles. The molecule has 9 nitrogen and oxygen atoms in total. The third kappa shape index (κ3) is 6.38. The van der Waals surface area contributed by atoms with Crippen LogP contribution in [0.3, 0.4) is 0 Å². The molecule has 0 spiro atoms. The summed E-state index contributed by atoms with van der Waals surface area (Å²) < 4.78 is 20.9. The Labute approximate surface area is 136 Å². The quantitative estimate of drug-likeness (QED) is 0.289. The number of rotatable bonds is 4. The van der Waals surface area contributed by atoms with Crippen LogP contribution < -0.4 is 74.6 Å². The summed E-state index contributed by atoms with van der Waals surface area (Å²) in [5.74, 6) is 0. The second-order valence-corrected chi connectivity index (χ2v) is 6.27. The van der Waals surface area contributed by atoms with Crippen LogP contribution in [0.5, 0.6) is 0 Å². The maximum atomic E-state index is 10.4. The van der Waals surface area contributed by atoms with Crippen LogP contribution in [-0.2, 0) is 9.13 Å². The second-order valence-electron chi connectivity index (χ2n) is 2.35. The van der Waals surface area contributed by atoms with E-state index in [1.165, 1.54) is 0 Å². The van der Waals surface area contributed by atoms with Crippen LogP contribution in [0.2, 0.25) is 0 Å². The minimum Gasteiger partial charge on any atom is -0.776 e. The van der Waals surface area contributed by atoms with E-state index in [0.717, 1.165) is 0 Å². The van der Waals surface area contributed by atoms with Crippen molar-refractivity contribution in [3.05, 3.63) is 0 Å². The Hall–Kier alpha value is 2.18. The second kappa shape index (κ2) is 9.14. The molecule has 0 aromatic heterocycles. The number of aliphatic hydroxyl groups is 1. The molecule has 0 aromatic rings. The molecule has 2 unspecified atom stereocenters. The van der Waals surface area contributed by atoms with Crippen molar-refractivity contribution in [1.82, 2.24) is 0 Å². The number of hydrogen-bond donors (Lipinski definition) is 4. The molecule has 0 rings (SSSR count). The summed E-state index contributed by atoms with van der Waals surface area (Å²) in [6, 6.07) is 0. The van der Waals surface area contributed by atoms with Gasteiger partial charge in [0.15, 0.2) is 20.3 Å². The minimum atomic E-state index is -5.63. The first kappa shape index (κ1) is 26.7. The van der Waals surface area contributed by atoms with Crippen molar-refractivity contribution in [2.24, 2.45) is 5.73 Å². The molecule has 0 aliphatic heterocycles. The fraction of sp³-hybridized carbons (Fsp3) is 1.00. The summed E-state index contributed by atoms with van der Waals surface area (Å²) in [7, 11) is -11.3. The molecule has 16 heavy (non-hydrogen) atoms. The summed E-state index contributed by atoms with van der Waals surface area (Å²) in [6.45, 7) is -0.532. The third-order valence-electron chi connectivity index (χ3n) is 1.38. The molecule has 0 radical (unpaired) electrons. The molecule has 0 aliphatic rings. The van der Waals surface area contributed by atoms with Crippen molar-refractivity contribution in [3.63, 3.8) is 0 Å². The van der Waals surface area contributed by atoms with E-state index in [9.17, 15) is 18.9 Å². The van der Waals surface area contributed by atoms with Gasteiger partial charge < -0.3 is 45.0 Å². The zero-order valence-electron chi connectivity index (χ0n) is 8.86. The first-order chi connectivity index (χ1) is 5.56. The topological polar surface area (TPSA) is 198 Å². The van der Waals surface area contributed by atoms with E-state index >= 15 is 0 Å². The molecule has 88 valence electrons. The summed E-state index contributed by atoms with van der Waals surface area (Å²) in [6.07, 6.45) is -0.998. The van der Waals surface area contributed by atoms with Crippen LogP contribution >= 0.6 is 15.2 Å². The van der Waals surface area contributed by atoms with Gasteiger partial charge in [-0.05, 0) is 6.54 Å². The normalized spacial score (nSPS) is 20.9. The Morgan fingerprint density at radius 1 is 1.12 bits per heavy atom. The monoisotopic (exact) mass is 297 g/mol. The van der Waals surface area contributed by atoms with Crippen molar-refractivity contribution in [2.75, 3.05) is 6.54 Å². The van der Waals surface area contributed by atoms with Crippen molar-refractivity contribution >= 4 is 15.2 Å². The Balaban J connectivity index is -0.000000240. The van der Waals surface area contributed by atoms with Crippen LogP contribution in [0.25, 0.3) is 0 Å². The van der Waals surface area contributed by atoms with Gasteiger partial charge in [0.05, 0.1) is 0 Å². The van der Waals surface area contributed by atoms with E-state index in [0.29, 0.717) is 0 Å². The maximum Gasteiger partial charge on any atom is 1.00 e. The van der Waals surface area contributed by atoms with Crippen molar-refractivity contribution in [3.8, 4) is 0 Å². The van der Waals surface area contributed by atoms with E-state index in [-0.39, 0.29) is 64.6 Å². The van der Waals surface area contributed by atoms with Gasteiger partial charge in [0.1, 0.15) is 0 Å². The summed E-state index contributed by atoms with van der Waals surface area (Å²) in [5, 5.41) is 5.36. The minimum absolute atomic E-state index is 0. The van der Waals surface area contributed by atoms with Gasteiger partial charge in [0.25, 0.3) is 0 Å². The molecule has 0 heterocycles. The van der Waals surface area contributed by atoms with Crippen LogP contribution in [0, 0.1) is 0 Å². The number of nitrogens with two attached hydrogens (primary N) is 1. The Morgan fingerprint density at radius 2 is 1.38 bits per heavy atom. The fourth-order valence-corrected chi connectivity index (χ4v) is 2.74. The molecule has 0 amide bonds. The van der Waals surface area contributed by atoms with E-state index in [1.54, 1.807) is 0 Å². The molecular formula is C3H11NNa2O8P2. The van der Waals surface area contributed by atoms with E-state index < -0.39 is 33.2 Å². The van der Waals surface area contributed by atoms with Crippen molar-refractivity contribution in [1.29, 1.82) is 0 Å². The van der Waals surface area contributed by atoms with E-state index in [2.05, 4.69) is 0 Å². The molecule has 0 fully saturated rings. The van der Waals surface area contributed by atoms with Gasteiger partial charge in [-0.1, -0.05) is 0 Å². The van der Waals surface area contributed by atoms with Crippen molar-refractivity contribution < 1.29 is 98.4 Å². The van der Waals surface area contributed by atoms with Gasteiger partial charge in [-0.2, -0.15) is 0 Å². The largest absolute Gasteiger partial charge is 1.00 e.